The summed E-state index contributed by atoms with van der Waals surface area (Å²) in [5, 5.41) is 3.85. The lowest BCUT2D eigenvalue weighted by atomic mass is 9.98. The molecule has 0 atom stereocenters. The highest BCUT2D eigenvalue weighted by Gasteiger charge is 2.27. The third kappa shape index (κ3) is 3.49. The molecule has 112 valence electrons. The number of carbonyl (C=O) groups excluding carboxylic acids is 1. The van der Waals surface area contributed by atoms with Crippen LogP contribution < -0.4 is 0 Å². The van der Waals surface area contributed by atoms with Gasteiger partial charge in [0.1, 0.15) is 5.76 Å². The van der Waals surface area contributed by atoms with E-state index in [1.54, 1.807) is 27.9 Å². The average Bonchev–Trinajstić information content (AvgIpc) is 2.80. The fourth-order valence-corrected chi connectivity index (χ4v) is 1.70. The first-order valence-electron chi connectivity index (χ1n) is 6.69. The minimum atomic E-state index is -0.614. The number of rotatable bonds is 3. The quantitative estimate of drug-likeness (QED) is 0.634. The highest BCUT2D eigenvalue weighted by Crippen LogP contribution is 2.30. The van der Waals surface area contributed by atoms with Gasteiger partial charge in [0.15, 0.2) is 0 Å². The van der Waals surface area contributed by atoms with E-state index < -0.39 is 11.4 Å². The third-order valence-corrected chi connectivity index (χ3v) is 2.89. The summed E-state index contributed by atoms with van der Waals surface area (Å²) < 4.78 is 10.7. The zero-order chi connectivity index (χ0) is 15.5. The molecule has 0 N–H and O–H groups in total. The number of hydrogen-bond donors (Lipinski definition) is 0. The van der Waals surface area contributed by atoms with Gasteiger partial charge in [0, 0.05) is 12.7 Å². The van der Waals surface area contributed by atoms with E-state index in [2.05, 4.69) is 5.16 Å². The Kier molecular flexibility index (Phi) is 4.43. The van der Waals surface area contributed by atoms with Crippen LogP contribution in [0.3, 0.4) is 0 Å². The molecule has 0 bridgehead atoms. The van der Waals surface area contributed by atoms with Crippen LogP contribution in [0.5, 0.6) is 0 Å². The summed E-state index contributed by atoms with van der Waals surface area (Å²) >= 11 is 0. The van der Waals surface area contributed by atoms with Crippen molar-refractivity contribution >= 4 is 17.6 Å². The Bertz CT molecular complexity index is 597. The largest absolute Gasteiger partial charge is 0.436 e. The smallest absolute Gasteiger partial charge is 0.340 e. The van der Waals surface area contributed by atoms with Gasteiger partial charge in [-0.2, -0.15) is 0 Å². The Morgan fingerprint density at radius 1 is 1.29 bits per heavy atom. The number of fused-ring (bicyclic) bond motifs is 1. The van der Waals surface area contributed by atoms with E-state index in [1.165, 1.54) is 0 Å². The van der Waals surface area contributed by atoms with Gasteiger partial charge in [0.2, 0.25) is 0 Å². The van der Waals surface area contributed by atoms with Gasteiger partial charge in [-0.15, -0.1) is 0 Å². The van der Waals surface area contributed by atoms with Crippen molar-refractivity contribution in [3.63, 3.8) is 0 Å². The van der Waals surface area contributed by atoms with Gasteiger partial charge in [0.25, 0.3) is 5.90 Å². The maximum Gasteiger partial charge on any atom is 0.340 e. The van der Waals surface area contributed by atoms with Crippen LogP contribution in [0.15, 0.2) is 35.5 Å². The predicted octanol–water partition coefficient (Wildman–Crippen LogP) is 2.96. The number of ether oxygens (including phenoxy) is 2. The van der Waals surface area contributed by atoms with E-state index in [0.29, 0.717) is 12.4 Å². The number of nitrogens with zero attached hydrogens (tertiary/aromatic N) is 1. The first-order valence-corrected chi connectivity index (χ1v) is 6.69. The van der Waals surface area contributed by atoms with Crippen LogP contribution in [0.2, 0.25) is 0 Å². The van der Waals surface area contributed by atoms with E-state index in [-0.39, 0.29) is 5.90 Å². The molecular formula is C16H19NO4. The molecule has 0 aromatic heterocycles. The van der Waals surface area contributed by atoms with E-state index in [1.807, 2.05) is 30.3 Å². The van der Waals surface area contributed by atoms with Crippen molar-refractivity contribution < 1.29 is 19.1 Å². The highest BCUT2D eigenvalue weighted by atomic mass is 16.7. The van der Waals surface area contributed by atoms with Gasteiger partial charge in [-0.25, -0.2) is 4.79 Å². The zero-order valence-electron chi connectivity index (χ0n) is 12.7. The summed E-state index contributed by atoms with van der Waals surface area (Å²) in [5.41, 5.74) is 1.08. The molecule has 21 heavy (non-hydrogen) atoms. The molecule has 1 aromatic rings. The van der Waals surface area contributed by atoms with Crippen molar-refractivity contribution in [2.24, 2.45) is 10.6 Å². The van der Waals surface area contributed by atoms with Gasteiger partial charge >= 0.3 is 5.97 Å². The fraction of sp³-hybridized carbons (Fsp3) is 0.375. The second-order valence-electron chi connectivity index (χ2n) is 5.70. The van der Waals surface area contributed by atoms with Crippen LogP contribution in [0.4, 0.5) is 0 Å². The molecule has 2 rings (SSSR count). The summed E-state index contributed by atoms with van der Waals surface area (Å²) in [6.45, 7) is 5.73. The lowest BCUT2D eigenvalue weighted by Gasteiger charge is -2.12. The molecule has 0 amide bonds. The summed E-state index contributed by atoms with van der Waals surface area (Å²) in [6.07, 6.45) is 1.81. The molecule has 1 heterocycles. The minimum absolute atomic E-state index is 0.283. The number of methoxy groups -OCH3 is 1. The molecule has 0 spiro atoms. The van der Waals surface area contributed by atoms with Crippen molar-refractivity contribution in [2.75, 3.05) is 13.7 Å². The summed E-state index contributed by atoms with van der Waals surface area (Å²) in [6, 6.07) is 7.58. The van der Waals surface area contributed by atoms with Crippen molar-refractivity contribution in [2.45, 2.75) is 20.8 Å². The summed E-state index contributed by atoms with van der Waals surface area (Å²) in [7, 11) is 1.61. The SMILES string of the molecule is COC/C=C1\O/C(=N\OC(=O)C(C)(C)C)c2ccccc21. The van der Waals surface area contributed by atoms with Crippen molar-refractivity contribution in [1.82, 2.24) is 0 Å². The Morgan fingerprint density at radius 2 is 1.95 bits per heavy atom. The van der Waals surface area contributed by atoms with Gasteiger partial charge in [-0.1, -0.05) is 18.2 Å². The van der Waals surface area contributed by atoms with Gasteiger partial charge in [-0.3, -0.25) is 0 Å². The molecule has 1 aliphatic heterocycles. The standard InChI is InChI=1S/C16H19NO4/c1-16(2,3)15(18)21-17-14-12-8-6-5-7-11(12)13(20-14)9-10-19-4/h5-9H,10H2,1-4H3/b13-9-,17-14-. The van der Waals surface area contributed by atoms with Crippen LogP contribution >= 0.6 is 0 Å². The number of benzene rings is 1. The average molecular weight is 289 g/mol. The van der Waals surface area contributed by atoms with Gasteiger partial charge in [0.05, 0.1) is 17.6 Å². The lowest BCUT2D eigenvalue weighted by Crippen LogP contribution is -2.21. The molecule has 5 heteroatoms. The molecule has 0 unspecified atom stereocenters. The minimum Gasteiger partial charge on any atom is -0.436 e. The monoisotopic (exact) mass is 289 g/mol. The molecule has 1 aromatic carbocycles. The molecule has 5 nitrogen and oxygen atoms in total. The Balaban J connectivity index is 2.25. The fourth-order valence-electron chi connectivity index (χ4n) is 1.70. The Hall–Kier alpha value is -2.14. The molecule has 1 aliphatic rings. The normalized spacial score (nSPS) is 17.7. The second kappa shape index (κ2) is 6.10. The van der Waals surface area contributed by atoms with Crippen LogP contribution in [-0.2, 0) is 19.1 Å². The molecule has 0 aliphatic carbocycles. The van der Waals surface area contributed by atoms with Gasteiger partial charge < -0.3 is 14.3 Å². The maximum atomic E-state index is 11.8. The van der Waals surface area contributed by atoms with Crippen LogP contribution in [0, 0.1) is 5.41 Å². The van der Waals surface area contributed by atoms with E-state index >= 15 is 0 Å². The van der Waals surface area contributed by atoms with Gasteiger partial charge in [-0.05, 0) is 38.1 Å². The topological polar surface area (TPSA) is 57.1 Å². The van der Waals surface area contributed by atoms with E-state index in [9.17, 15) is 4.79 Å². The molecule has 0 saturated carbocycles. The maximum absolute atomic E-state index is 11.8. The molecule has 0 radical (unpaired) electrons. The second-order valence-corrected chi connectivity index (χ2v) is 5.70. The molecular weight excluding hydrogens is 270 g/mol. The number of carbonyl (C=O) groups is 1. The zero-order valence-corrected chi connectivity index (χ0v) is 12.7. The van der Waals surface area contributed by atoms with Crippen molar-refractivity contribution in [3.05, 3.63) is 41.5 Å². The summed E-state index contributed by atoms with van der Waals surface area (Å²) in [5.74, 6) is 0.522. The first kappa shape index (κ1) is 15.3. The number of hydrogen-bond acceptors (Lipinski definition) is 5. The van der Waals surface area contributed by atoms with Crippen LogP contribution in [-0.4, -0.2) is 25.6 Å². The van der Waals surface area contributed by atoms with Crippen LogP contribution in [0.1, 0.15) is 31.9 Å². The molecule has 0 fully saturated rings. The summed E-state index contributed by atoms with van der Waals surface area (Å²) in [4.78, 5) is 16.7. The third-order valence-electron chi connectivity index (χ3n) is 2.89. The first-order chi connectivity index (χ1) is 9.93. The Morgan fingerprint density at radius 3 is 2.57 bits per heavy atom. The molecule has 0 saturated heterocycles. The van der Waals surface area contributed by atoms with Crippen molar-refractivity contribution in [3.8, 4) is 0 Å². The lowest BCUT2D eigenvalue weighted by molar-refractivity contribution is -0.153. The number of oxime groups is 1. The van der Waals surface area contributed by atoms with E-state index in [4.69, 9.17) is 14.3 Å². The highest BCUT2D eigenvalue weighted by molar-refractivity contribution is 6.06. The van der Waals surface area contributed by atoms with Crippen molar-refractivity contribution in [1.29, 1.82) is 0 Å². The van der Waals surface area contributed by atoms with E-state index in [0.717, 1.165) is 11.1 Å². The Labute approximate surface area is 124 Å². The van der Waals surface area contributed by atoms with Crippen LogP contribution in [0.25, 0.3) is 5.76 Å². The predicted molar refractivity (Wildman–Crippen MR) is 79.5 cm³/mol.